The van der Waals surface area contributed by atoms with Gasteiger partial charge in [-0.1, -0.05) is 12.1 Å². The van der Waals surface area contributed by atoms with Gasteiger partial charge in [-0.15, -0.1) is 0 Å². The van der Waals surface area contributed by atoms with Gasteiger partial charge in [0.25, 0.3) is 11.7 Å². The average molecular weight is 466 g/mol. The molecule has 2 aromatic heterocycles. The number of likely N-dealkylation sites (tertiary alicyclic amines) is 1. The van der Waals surface area contributed by atoms with E-state index in [0.717, 1.165) is 5.56 Å². The lowest BCUT2D eigenvalue weighted by molar-refractivity contribution is -0.140. The second-order valence-electron chi connectivity index (χ2n) is 8.03. The summed E-state index contributed by atoms with van der Waals surface area (Å²) >= 11 is 0. The number of nitrogens with zero attached hydrogens (tertiary/aromatic N) is 3. The summed E-state index contributed by atoms with van der Waals surface area (Å²) in [5, 5.41) is 11.4. The highest BCUT2D eigenvalue weighted by Crippen LogP contribution is 2.42. The summed E-state index contributed by atoms with van der Waals surface area (Å²) < 4.78 is 17.8. The SMILES string of the molecule is COCCN1C(=O)C(=O)C(=C(O)c2nc3c(C)cccn3c2C)C1c1ccc(OC)c(OC)c1. The lowest BCUT2D eigenvalue weighted by Gasteiger charge is -2.25. The molecule has 1 saturated heterocycles. The quantitative estimate of drug-likeness (QED) is 0.325. The Morgan fingerprint density at radius 2 is 1.82 bits per heavy atom. The van der Waals surface area contributed by atoms with Crippen LogP contribution < -0.4 is 9.47 Å². The molecule has 1 N–H and O–H groups in total. The Hall–Kier alpha value is -3.85. The molecule has 3 aromatic rings. The fourth-order valence-corrected chi connectivity index (χ4v) is 4.34. The first-order chi connectivity index (χ1) is 16.3. The number of pyridine rings is 1. The molecule has 4 rings (SSSR count). The number of ether oxygens (including phenoxy) is 3. The van der Waals surface area contributed by atoms with Crippen molar-refractivity contribution in [1.29, 1.82) is 0 Å². The molecule has 0 spiro atoms. The van der Waals surface area contributed by atoms with E-state index in [1.807, 2.05) is 29.7 Å². The van der Waals surface area contributed by atoms with Crippen LogP contribution in [0.5, 0.6) is 11.5 Å². The number of imidazole rings is 1. The number of hydrogen-bond donors (Lipinski definition) is 1. The van der Waals surface area contributed by atoms with Crippen molar-refractivity contribution >= 4 is 23.1 Å². The van der Waals surface area contributed by atoms with Gasteiger partial charge in [-0.25, -0.2) is 4.98 Å². The number of fused-ring (bicyclic) bond motifs is 1. The average Bonchev–Trinajstić information content (AvgIpc) is 3.31. The molecule has 9 nitrogen and oxygen atoms in total. The molecule has 1 aliphatic heterocycles. The van der Waals surface area contributed by atoms with E-state index < -0.39 is 17.7 Å². The van der Waals surface area contributed by atoms with Gasteiger partial charge in [0.05, 0.1) is 38.1 Å². The molecule has 178 valence electrons. The van der Waals surface area contributed by atoms with E-state index in [9.17, 15) is 14.7 Å². The van der Waals surface area contributed by atoms with E-state index >= 15 is 0 Å². The van der Waals surface area contributed by atoms with Crippen LogP contribution in [0, 0.1) is 13.8 Å². The van der Waals surface area contributed by atoms with Gasteiger partial charge in [0.15, 0.2) is 17.3 Å². The van der Waals surface area contributed by atoms with Crippen molar-refractivity contribution in [2.24, 2.45) is 0 Å². The molecule has 0 saturated carbocycles. The predicted octanol–water partition coefficient (Wildman–Crippen LogP) is 3.04. The first-order valence-corrected chi connectivity index (χ1v) is 10.8. The summed E-state index contributed by atoms with van der Waals surface area (Å²) in [5.41, 5.74) is 3.05. The highest BCUT2D eigenvalue weighted by Gasteiger charge is 2.46. The Morgan fingerprint density at radius 1 is 1.09 bits per heavy atom. The number of rotatable bonds is 7. The summed E-state index contributed by atoms with van der Waals surface area (Å²) in [5.74, 6) is -0.861. The van der Waals surface area contributed by atoms with Gasteiger partial charge >= 0.3 is 0 Å². The largest absolute Gasteiger partial charge is 0.505 e. The zero-order valence-electron chi connectivity index (χ0n) is 19.8. The Labute approximate surface area is 197 Å². The molecule has 1 atom stereocenters. The minimum absolute atomic E-state index is 0.0301. The summed E-state index contributed by atoms with van der Waals surface area (Å²) in [6.45, 7) is 4.11. The third-order valence-electron chi connectivity index (χ3n) is 6.11. The lowest BCUT2D eigenvalue weighted by atomic mass is 9.96. The highest BCUT2D eigenvalue weighted by molar-refractivity contribution is 6.46. The molecule has 9 heteroatoms. The Bertz CT molecular complexity index is 1310. The summed E-state index contributed by atoms with van der Waals surface area (Å²) in [4.78, 5) is 32.2. The topological polar surface area (TPSA) is 103 Å². The Morgan fingerprint density at radius 3 is 2.47 bits per heavy atom. The molecular weight excluding hydrogens is 438 g/mol. The second-order valence-corrected chi connectivity index (χ2v) is 8.03. The molecule has 1 amide bonds. The maximum atomic E-state index is 13.2. The smallest absolute Gasteiger partial charge is 0.295 e. The van der Waals surface area contributed by atoms with E-state index in [1.165, 1.54) is 26.2 Å². The van der Waals surface area contributed by atoms with Crippen LogP contribution >= 0.6 is 0 Å². The molecule has 34 heavy (non-hydrogen) atoms. The van der Waals surface area contributed by atoms with Crippen LogP contribution in [0.25, 0.3) is 11.4 Å². The van der Waals surface area contributed by atoms with Crippen molar-refractivity contribution in [3.63, 3.8) is 0 Å². The number of aromatic nitrogens is 2. The number of Topliss-reactive ketones (excluding diaryl/α,β-unsaturated/α-hetero) is 1. The van der Waals surface area contributed by atoms with Crippen LogP contribution in [0.4, 0.5) is 0 Å². The molecule has 0 aliphatic carbocycles. The van der Waals surface area contributed by atoms with Crippen molar-refractivity contribution in [3.8, 4) is 11.5 Å². The van der Waals surface area contributed by atoms with E-state index in [2.05, 4.69) is 4.98 Å². The van der Waals surface area contributed by atoms with Crippen molar-refractivity contribution in [3.05, 3.63) is 64.6 Å². The summed E-state index contributed by atoms with van der Waals surface area (Å²) in [6, 6.07) is 8.09. The van der Waals surface area contributed by atoms with Crippen LogP contribution in [0.1, 0.15) is 28.6 Å². The number of carbonyl (C=O) groups excluding carboxylic acids is 2. The van der Waals surface area contributed by atoms with Gasteiger partial charge in [-0.3, -0.25) is 9.59 Å². The standard InChI is InChI=1S/C25H27N3O6/c1-14-7-6-10-27-15(2)20(26-24(14)27)22(29)19-21(28(11-12-32-3)25(31)23(19)30)16-8-9-17(33-4)18(13-16)34-5/h6-10,13,21,29H,11-12H2,1-5H3. The van der Waals surface area contributed by atoms with E-state index in [0.29, 0.717) is 28.4 Å². The number of ketones is 1. The number of amides is 1. The van der Waals surface area contributed by atoms with Gasteiger partial charge < -0.3 is 28.6 Å². The van der Waals surface area contributed by atoms with Crippen LogP contribution in [-0.2, 0) is 14.3 Å². The lowest BCUT2D eigenvalue weighted by Crippen LogP contribution is -2.32. The number of benzene rings is 1. The number of aryl methyl sites for hydroxylation is 2. The molecule has 1 fully saturated rings. The molecule has 1 aliphatic rings. The van der Waals surface area contributed by atoms with Crippen LogP contribution in [0.15, 0.2) is 42.1 Å². The number of methoxy groups -OCH3 is 3. The molecule has 1 aromatic carbocycles. The van der Waals surface area contributed by atoms with Gasteiger partial charge in [0, 0.05) is 19.9 Å². The Balaban J connectivity index is 1.94. The van der Waals surface area contributed by atoms with Crippen molar-refractivity contribution in [2.45, 2.75) is 19.9 Å². The number of carbonyl (C=O) groups is 2. The normalized spacial score (nSPS) is 17.6. The first-order valence-electron chi connectivity index (χ1n) is 10.8. The van der Waals surface area contributed by atoms with Gasteiger partial charge in [0.1, 0.15) is 11.3 Å². The highest BCUT2D eigenvalue weighted by atomic mass is 16.5. The summed E-state index contributed by atoms with van der Waals surface area (Å²) in [6.07, 6.45) is 1.84. The zero-order valence-corrected chi connectivity index (χ0v) is 19.8. The van der Waals surface area contributed by atoms with Gasteiger partial charge in [-0.2, -0.15) is 0 Å². The maximum absolute atomic E-state index is 13.2. The third kappa shape index (κ3) is 3.67. The molecule has 0 bridgehead atoms. The van der Waals surface area contributed by atoms with E-state index in [1.54, 1.807) is 25.1 Å². The Kier molecular flexibility index (Phi) is 6.30. The van der Waals surface area contributed by atoms with Crippen LogP contribution in [0.3, 0.4) is 0 Å². The number of aliphatic hydroxyl groups is 1. The first kappa shape index (κ1) is 23.3. The van der Waals surface area contributed by atoms with Crippen molar-refractivity contribution < 1.29 is 28.9 Å². The van der Waals surface area contributed by atoms with Crippen molar-refractivity contribution in [2.75, 3.05) is 34.5 Å². The molecule has 3 heterocycles. The number of aliphatic hydroxyl groups excluding tert-OH is 1. The minimum atomic E-state index is -0.847. The second kappa shape index (κ2) is 9.18. The zero-order chi connectivity index (χ0) is 24.6. The fourth-order valence-electron chi connectivity index (χ4n) is 4.34. The third-order valence-corrected chi connectivity index (χ3v) is 6.11. The maximum Gasteiger partial charge on any atom is 0.295 e. The molecule has 0 radical (unpaired) electrons. The monoisotopic (exact) mass is 465 g/mol. The predicted molar refractivity (Wildman–Crippen MR) is 125 cm³/mol. The molecular formula is C25H27N3O6. The van der Waals surface area contributed by atoms with Gasteiger partial charge in [0.2, 0.25) is 0 Å². The van der Waals surface area contributed by atoms with E-state index in [-0.39, 0.29) is 30.2 Å². The van der Waals surface area contributed by atoms with Gasteiger partial charge in [-0.05, 0) is 43.2 Å². The number of hydrogen-bond acceptors (Lipinski definition) is 7. The minimum Gasteiger partial charge on any atom is -0.505 e. The summed E-state index contributed by atoms with van der Waals surface area (Å²) in [7, 11) is 4.55. The van der Waals surface area contributed by atoms with Crippen LogP contribution in [0.2, 0.25) is 0 Å². The molecule has 1 unspecified atom stereocenters. The van der Waals surface area contributed by atoms with Crippen LogP contribution in [-0.4, -0.2) is 65.6 Å². The van der Waals surface area contributed by atoms with E-state index in [4.69, 9.17) is 14.2 Å². The fraction of sp³-hybridized carbons (Fsp3) is 0.320. The van der Waals surface area contributed by atoms with Crippen molar-refractivity contribution in [1.82, 2.24) is 14.3 Å².